The van der Waals surface area contributed by atoms with E-state index in [4.69, 9.17) is 4.42 Å². The molecule has 1 aliphatic rings. The van der Waals surface area contributed by atoms with Gasteiger partial charge in [0.25, 0.3) is 0 Å². The Morgan fingerprint density at radius 3 is 3.00 bits per heavy atom. The third-order valence-corrected chi connectivity index (χ3v) is 3.45. The lowest BCUT2D eigenvalue weighted by atomic mass is 10.1. The van der Waals surface area contributed by atoms with Crippen LogP contribution in [-0.4, -0.2) is 48.2 Å². The Labute approximate surface area is 119 Å². The molecule has 2 N–H and O–H groups in total. The normalized spacial score (nSPS) is 17.6. The number of nitrogens with zero attached hydrogens (tertiary/aromatic N) is 1. The van der Waals surface area contributed by atoms with Gasteiger partial charge in [-0.1, -0.05) is 0 Å². The second kappa shape index (κ2) is 7.87. The third kappa shape index (κ3) is 5.19. The quantitative estimate of drug-likeness (QED) is 0.607. The molecule has 2 heterocycles. The van der Waals surface area contributed by atoms with Crippen LogP contribution >= 0.6 is 0 Å². The van der Waals surface area contributed by atoms with Crippen molar-refractivity contribution in [1.29, 1.82) is 0 Å². The number of aliphatic hydroxyl groups is 1. The van der Waals surface area contributed by atoms with Gasteiger partial charge in [-0.15, -0.1) is 0 Å². The summed E-state index contributed by atoms with van der Waals surface area (Å²) in [6, 6.07) is 3.59. The highest BCUT2D eigenvalue weighted by atomic mass is 16.3. The van der Waals surface area contributed by atoms with Crippen LogP contribution in [-0.2, 0) is 4.79 Å². The molecule has 0 bridgehead atoms. The lowest BCUT2D eigenvalue weighted by molar-refractivity contribution is -0.116. The van der Waals surface area contributed by atoms with E-state index in [2.05, 4.69) is 10.2 Å². The molecule has 0 unspecified atom stereocenters. The molecule has 0 aromatic carbocycles. The van der Waals surface area contributed by atoms with Crippen molar-refractivity contribution in [2.24, 2.45) is 0 Å². The van der Waals surface area contributed by atoms with Crippen LogP contribution in [0.15, 0.2) is 28.9 Å². The summed E-state index contributed by atoms with van der Waals surface area (Å²) in [7, 11) is 0. The fraction of sp³-hybridized carbons (Fsp3) is 0.533. The van der Waals surface area contributed by atoms with Crippen molar-refractivity contribution in [3.63, 3.8) is 0 Å². The molecule has 0 aliphatic carbocycles. The van der Waals surface area contributed by atoms with E-state index in [1.807, 2.05) is 0 Å². The van der Waals surface area contributed by atoms with Crippen LogP contribution in [0, 0.1) is 0 Å². The average Bonchev–Trinajstić information content (AvgIpc) is 2.96. The van der Waals surface area contributed by atoms with E-state index in [1.165, 1.54) is 6.08 Å². The minimum atomic E-state index is -0.127. The van der Waals surface area contributed by atoms with Crippen molar-refractivity contribution in [3.8, 4) is 0 Å². The van der Waals surface area contributed by atoms with Crippen LogP contribution in [0.5, 0.6) is 0 Å². The zero-order chi connectivity index (χ0) is 14.2. The molecule has 5 nitrogen and oxygen atoms in total. The molecule has 0 atom stereocenters. The second-order valence-electron chi connectivity index (χ2n) is 5.07. The molecular weight excluding hydrogens is 256 g/mol. The molecule has 2 rings (SSSR count). The number of hydrogen-bond acceptors (Lipinski definition) is 4. The van der Waals surface area contributed by atoms with E-state index in [0.717, 1.165) is 38.9 Å². The SMILES string of the molecule is O=C(C=Cc1ccco1)NCCCN1CCC(O)CC1. The molecular formula is C15H22N2O3. The Morgan fingerprint density at radius 2 is 2.30 bits per heavy atom. The lowest BCUT2D eigenvalue weighted by Gasteiger charge is -2.29. The topological polar surface area (TPSA) is 65.7 Å². The molecule has 5 heteroatoms. The van der Waals surface area contributed by atoms with Crippen molar-refractivity contribution >= 4 is 12.0 Å². The number of likely N-dealkylation sites (tertiary alicyclic amines) is 1. The van der Waals surface area contributed by atoms with Crippen LogP contribution in [0.1, 0.15) is 25.0 Å². The summed E-state index contributed by atoms with van der Waals surface area (Å²) in [6.45, 7) is 3.54. The van der Waals surface area contributed by atoms with Crippen molar-refractivity contribution in [1.82, 2.24) is 10.2 Å². The average molecular weight is 278 g/mol. The molecule has 1 aromatic heterocycles. The van der Waals surface area contributed by atoms with E-state index >= 15 is 0 Å². The standard InChI is InChI=1S/C15H22N2O3/c18-13-6-10-17(11-7-13)9-2-8-16-15(19)5-4-14-3-1-12-20-14/h1,3-5,12-13,18H,2,6-11H2,(H,16,19). The lowest BCUT2D eigenvalue weighted by Crippen LogP contribution is -2.37. The molecule has 0 spiro atoms. The van der Waals surface area contributed by atoms with Gasteiger partial charge in [0, 0.05) is 25.7 Å². The third-order valence-electron chi connectivity index (χ3n) is 3.45. The summed E-state index contributed by atoms with van der Waals surface area (Å²) in [5, 5.41) is 12.3. The number of piperidine rings is 1. The van der Waals surface area contributed by atoms with Gasteiger partial charge in [-0.05, 0) is 44.0 Å². The van der Waals surface area contributed by atoms with Gasteiger partial charge < -0.3 is 19.7 Å². The summed E-state index contributed by atoms with van der Waals surface area (Å²) in [5.74, 6) is 0.572. The highest BCUT2D eigenvalue weighted by molar-refractivity contribution is 5.91. The maximum absolute atomic E-state index is 11.5. The Hall–Kier alpha value is -1.59. The molecule has 20 heavy (non-hydrogen) atoms. The fourth-order valence-electron chi connectivity index (χ4n) is 2.26. The Bertz CT molecular complexity index is 420. The van der Waals surface area contributed by atoms with Gasteiger partial charge in [-0.2, -0.15) is 0 Å². The Morgan fingerprint density at radius 1 is 1.50 bits per heavy atom. The molecule has 1 aromatic rings. The highest BCUT2D eigenvalue weighted by Gasteiger charge is 2.15. The molecule has 0 radical (unpaired) electrons. The Kier molecular flexibility index (Phi) is 5.83. The van der Waals surface area contributed by atoms with Crippen LogP contribution in [0.3, 0.4) is 0 Å². The van der Waals surface area contributed by atoms with E-state index in [9.17, 15) is 9.90 Å². The summed E-state index contributed by atoms with van der Waals surface area (Å²) in [4.78, 5) is 13.9. The summed E-state index contributed by atoms with van der Waals surface area (Å²) in [6.07, 6.45) is 7.23. The first-order chi connectivity index (χ1) is 9.74. The highest BCUT2D eigenvalue weighted by Crippen LogP contribution is 2.09. The first kappa shape index (κ1) is 14.8. The van der Waals surface area contributed by atoms with Gasteiger partial charge in [-0.3, -0.25) is 4.79 Å². The number of aliphatic hydroxyl groups excluding tert-OH is 1. The van der Waals surface area contributed by atoms with Crippen molar-refractivity contribution in [2.75, 3.05) is 26.2 Å². The van der Waals surface area contributed by atoms with E-state index in [-0.39, 0.29) is 12.0 Å². The monoisotopic (exact) mass is 278 g/mol. The van der Waals surface area contributed by atoms with Gasteiger partial charge in [0.05, 0.1) is 12.4 Å². The number of carbonyl (C=O) groups excluding carboxylic acids is 1. The number of furan rings is 1. The van der Waals surface area contributed by atoms with Gasteiger partial charge in [0.15, 0.2) is 0 Å². The zero-order valence-corrected chi connectivity index (χ0v) is 11.6. The minimum absolute atomic E-state index is 0.101. The number of rotatable bonds is 6. The predicted octanol–water partition coefficient (Wildman–Crippen LogP) is 1.26. The number of amides is 1. The van der Waals surface area contributed by atoms with Gasteiger partial charge in [0.1, 0.15) is 5.76 Å². The first-order valence-electron chi connectivity index (χ1n) is 7.14. The number of hydrogen-bond donors (Lipinski definition) is 2. The first-order valence-corrected chi connectivity index (χ1v) is 7.14. The van der Waals surface area contributed by atoms with Gasteiger partial charge in [-0.25, -0.2) is 0 Å². The van der Waals surface area contributed by atoms with Crippen LogP contribution < -0.4 is 5.32 Å². The zero-order valence-electron chi connectivity index (χ0n) is 11.6. The van der Waals surface area contributed by atoms with E-state index in [0.29, 0.717) is 12.3 Å². The maximum atomic E-state index is 11.5. The second-order valence-corrected chi connectivity index (χ2v) is 5.07. The van der Waals surface area contributed by atoms with E-state index < -0.39 is 0 Å². The molecule has 1 fully saturated rings. The predicted molar refractivity (Wildman–Crippen MR) is 77.0 cm³/mol. The Balaban J connectivity index is 1.55. The minimum Gasteiger partial charge on any atom is -0.465 e. The van der Waals surface area contributed by atoms with Crippen LogP contribution in [0.4, 0.5) is 0 Å². The summed E-state index contributed by atoms with van der Waals surface area (Å²) >= 11 is 0. The molecule has 110 valence electrons. The maximum Gasteiger partial charge on any atom is 0.244 e. The van der Waals surface area contributed by atoms with Crippen molar-refractivity contribution in [3.05, 3.63) is 30.2 Å². The molecule has 1 amide bonds. The fourth-order valence-corrected chi connectivity index (χ4v) is 2.26. The van der Waals surface area contributed by atoms with Gasteiger partial charge >= 0.3 is 0 Å². The molecule has 1 saturated heterocycles. The number of nitrogens with one attached hydrogen (secondary N) is 1. The summed E-state index contributed by atoms with van der Waals surface area (Å²) in [5.41, 5.74) is 0. The van der Waals surface area contributed by atoms with Crippen LogP contribution in [0.2, 0.25) is 0 Å². The van der Waals surface area contributed by atoms with Gasteiger partial charge in [0.2, 0.25) is 5.91 Å². The van der Waals surface area contributed by atoms with Crippen molar-refractivity contribution in [2.45, 2.75) is 25.4 Å². The molecule has 0 saturated carbocycles. The van der Waals surface area contributed by atoms with E-state index in [1.54, 1.807) is 24.5 Å². The number of carbonyl (C=O) groups is 1. The van der Waals surface area contributed by atoms with Crippen LogP contribution in [0.25, 0.3) is 6.08 Å². The summed E-state index contributed by atoms with van der Waals surface area (Å²) < 4.78 is 5.10. The smallest absolute Gasteiger partial charge is 0.244 e. The largest absolute Gasteiger partial charge is 0.465 e. The molecule has 1 aliphatic heterocycles. The van der Waals surface area contributed by atoms with Crippen molar-refractivity contribution < 1.29 is 14.3 Å².